The Kier molecular flexibility index (Phi) is 5.14. The van der Waals surface area contributed by atoms with Crippen molar-refractivity contribution in [3.05, 3.63) is 11.3 Å². The minimum Gasteiger partial charge on any atom is -0.464 e. The zero-order valence-corrected chi connectivity index (χ0v) is 13.7. The summed E-state index contributed by atoms with van der Waals surface area (Å²) in [5.41, 5.74) is 0.572. The molecule has 2 aliphatic heterocycles. The molecule has 1 fully saturated rings. The molecule has 0 aromatic rings. The molecule has 9 nitrogen and oxygen atoms in total. The molecule has 3 amide bonds. The van der Waals surface area contributed by atoms with E-state index in [9.17, 15) is 19.2 Å². The third-order valence-electron chi connectivity index (χ3n) is 3.41. The number of ether oxygens (including phenoxy) is 2. The van der Waals surface area contributed by atoms with Crippen molar-refractivity contribution < 1.29 is 28.7 Å². The number of amides is 3. The van der Waals surface area contributed by atoms with Gasteiger partial charge in [0.05, 0.1) is 7.11 Å². The van der Waals surface area contributed by atoms with E-state index in [1.165, 1.54) is 42.8 Å². The Labute approximate surface area is 136 Å². The van der Waals surface area contributed by atoms with Crippen LogP contribution in [0.4, 0.5) is 4.79 Å². The van der Waals surface area contributed by atoms with Gasteiger partial charge in [-0.15, -0.1) is 11.8 Å². The van der Waals surface area contributed by atoms with Gasteiger partial charge in [-0.25, -0.2) is 9.59 Å². The number of methoxy groups -OCH3 is 1. The molecule has 1 N–H and O–H groups in total. The number of nitrogens with one attached hydrogen (secondary N) is 1. The van der Waals surface area contributed by atoms with E-state index in [-0.39, 0.29) is 17.7 Å². The van der Waals surface area contributed by atoms with Crippen LogP contribution in [0.25, 0.3) is 0 Å². The number of esters is 1. The van der Waals surface area contributed by atoms with Crippen molar-refractivity contribution in [3.8, 4) is 0 Å². The van der Waals surface area contributed by atoms with Crippen molar-refractivity contribution in [2.45, 2.75) is 11.4 Å². The van der Waals surface area contributed by atoms with Gasteiger partial charge < -0.3 is 19.7 Å². The maximum absolute atomic E-state index is 12.1. The lowest BCUT2D eigenvalue weighted by molar-refractivity contribution is -0.151. The minimum absolute atomic E-state index is 0.0803. The van der Waals surface area contributed by atoms with E-state index >= 15 is 0 Å². The maximum Gasteiger partial charge on any atom is 0.409 e. The van der Waals surface area contributed by atoms with E-state index in [0.717, 1.165) is 0 Å². The van der Waals surface area contributed by atoms with Crippen LogP contribution in [0.5, 0.6) is 0 Å². The number of carbonyl (C=O) groups is 4. The molecule has 0 bridgehead atoms. The number of nitrogens with zero attached hydrogens (tertiary/aromatic N) is 2. The highest BCUT2D eigenvalue weighted by molar-refractivity contribution is 8.00. The van der Waals surface area contributed by atoms with E-state index in [4.69, 9.17) is 9.47 Å². The number of rotatable bonds is 5. The molecule has 2 rings (SSSR count). The summed E-state index contributed by atoms with van der Waals surface area (Å²) in [5.74, 6) is -0.688. The van der Waals surface area contributed by atoms with Crippen LogP contribution in [0.2, 0.25) is 0 Å². The fourth-order valence-corrected chi connectivity index (χ4v) is 3.59. The highest BCUT2D eigenvalue weighted by atomic mass is 32.2. The molecule has 0 aromatic heterocycles. The van der Waals surface area contributed by atoms with Gasteiger partial charge in [0.25, 0.3) is 5.91 Å². The average molecular weight is 343 g/mol. The summed E-state index contributed by atoms with van der Waals surface area (Å²) in [7, 11) is 4.29. The topological polar surface area (TPSA) is 105 Å². The standard InChI is InChI=1S/C13H17N3O6S/c1-15(2)13(20)22-4-7-5-23-11-8(14-6-17)10(18)16(11)9(7)12(19)21-3/h6,8,11H,4-5H2,1-3H3,(H,14,17)/t8-,11-/m1/s1. The van der Waals surface area contributed by atoms with Crippen LogP contribution in [0.1, 0.15) is 0 Å². The maximum atomic E-state index is 12.1. The quantitative estimate of drug-likeness (QED) is 0.393. The second-order valence-electron chi connectivity index (χ2n) is 5.06. The Morgan fingerprint density at radius 3 is 2.74 bits per heavy atom. The lowest BCUT2D eigenvalue weighted by Gasteiger charge is -2.49. The minimum atomic E-state index is -0.677. The zero-order chi connectivity index (χ0) is 17.1. The number of hydrogen-bond donors (Lipinski definition) is 1. The first-order chi connectivity index (χ1) is 10.9. The Morgan fingerprint density at radius 2 is 2.17 bits per heavy atom. The first-order valence-electron chi connectivity index (χ1n) is 6.71. The summed E-state index contributed by atoms with van der Waals surface area (Å²) in [6.45, 7) is -0.114. The van der Waals surface area contributed by atoms with Gasteiger partial charge in [0.15, 0.2) is 0 Å². The molecule has 1 saturated heterocycles. The van der Waals surface area contributed by atoms with Gasteiger partial charge >= 0.3 is 12.1 Å². The average Bonchev–Trinajstić information content (AvgIpc) is 2.55. The van der Waals surface area contributed by atoms with Crippen LogP contribution in [0.15, 0.2) is 11.3 Å². The molecule has 10 heteroatoms. The summed E-state index contributed by atoms with van der Waals surface area (Å²) in [6.07, 6.45) is -0.0969. The van der Waals surface area contributed by atoms with E-state index in [2.05, 4.69) is 5.32 Å². The molecule has 0 unspecified atom stereocenters. The third kappa shape index (κ3) is 3.11. The summed E-state index contributed by atoms with van der Waals surface area (Å²) in [5, 5.41) is 2.06. The van der Waals surface area contributed by atoms with Crippen LogP contribution in [-0.2, 0) is 23.9 Å². The van der Waals surface area contributed by atoms with Gasteiger partial charge in [-0.2, -0.15) is 0 Å². The molecule has 0 aliphatic carbocycles. The van der Waals surface area contributed by atoms with Gasteiger partial charge in [-0.3, -0.25) is 14.5 Å². The third-order valence-corrected chi connectivity index (χ3v) is 4.75. The van der Waals surface area contributed by atoms with Crippen molar-refractivity contribution in [2.75, 3.05) is 33.6 Å². The lowest BCUT2D eigenvalue weighted by Crippen LogP contribution is -2.69. The molecule has 2 atom stereocenters. The zero-order valence-electron chi connectivity index (χ0n) is 12.9. The van der Waals surface area contributed by atoms with Crippen LogP contribution < -0.4 is 5.32 Å². The van der Waals surface area contributed by atoms with Crippen molar-refractivity contribution in [3.63, 3.8) is 0 Å². The second-order valence-corrected chi connectivity index (χ2v) is 6.17. The highest BCUT2D eigenvalue weighted by Gasteiger charge is 2.53. The second kappa shape index (κ2) is 6.90. The predicted molar refractivity (Wildman–Crippen MR) is 80.2 cm³/mol. The van der Waals surface area contributed by atoms with E-state index in [0.29, 0.717) is 17.7 Å². The molecule has 0 aromatic carbocycles. The van der Waals surface area contributed by atoms with Crippen LogP contribution in [0.3, 0.4) is 0 Å². The Morgan fingerprint density at radius 1 is 1.48 bits per heavy atom. The molecule has 0 radical (unpaired) electrons. The van der Waals surface area contributed by atoms with Crippen LogP contribution in [0, 0.1) is 0 Å². The van der Waals surface area contributed by atoms with Gasteiger partial charge in [0.2, 0.25) is 6.41 Å². The summed E-state index contributed by atoms with van der Waals surface area (Å²) in [4.78, 5) is 48.8. The first-order valence-corrected chi connectivity index (χ1v) is 7.76. The lowest BCUT2D eigenvalue weighted by atomic mass is 10.0. The molecule has 2 heterocycles. The number of hydrogen-bond acceptors (Lipinski definition) is 7. The highest BCUT2D eigenvalue weighted by Crippen LogP contribution is 2.40. The predicted octanol–water partition coefficient (Wildman–Crippen LogP) is -0.859. The molecular formula is C13H17N3O6S. The molecule has 126 valence electrons. The van der Waals surface area contributed by atoms with Gasteiger partial charge in [-0.1, -0.05) is 0 Å². The SMILES string of the molecule is COC(=O)C1=C(COC(=O)N(C)C)CS[C@@H]2[C@H](NC=O)C(=O)N12. The van der Waals surface area contributed by atoms with Gasteiger partial charge in [0, 0.05) is 25.4 Å². The number of carbonyl (C=O) groups excluding carboxylic acids is 4. The molecule has 2 aliphatic rings. The van der Waals surface area contributed by atoms with Crippen molar-refractivity contribution in [1.82, 2.24) is 15.1 Å². The largest absolute Gasteiger partial charge is 0.464 e. The summed E-state index contributed by atoms with van der Waals surface area (Å²) in [6, 6.07) is -0.664. The monoisotopic (exact) mass is 343 g/mol. The number of fused-ring (bicyclic) bond motifs is 1. The van der Waals surface area contributed by atoms with Gasteiger partial charge in [-0.05, 0) is 0 Å². The molecule has 0 spiro atoms. The van der Waals surface area contributed by atoms with Gasteiger partial charge in [0.1, 0.15) is 23.7 Å². The van der Waals surface area contributed by atoms with E-state index < -0.39 is 24.0 Å². The van der Waals surface area contributed by atoms with Crippen LogP contribution >= 0.6 is 11.8 Å². The van der Waals surface area contributed by atoms with Crippen molar-refractivity contribution in [2.24, 2.45) is 0 Å². The van der Waals surface area contributed by atoms with E-state index in [1.807, 2.05) is 0 Å². The number of β-lactam (4-membered cyclic amide) rings is 1. The fourth-order valence-electron chi connectivity index (χ4n) is 2.25. The molecular weight excluding hydrogens is 326 g/mol. The fraction of sp³-hybridized carbons (Fsp3) is 0.538. The number of thioether (sulfide) groups is 1. The summed E-state index contributed by atoms with van der Waals surface area (Å²) >= 11 is 1.38. The Hall–Kier alpha value is -2.23. The summed E-state index contributed by atoms with van der Waals surface area (Å²) < 4.78 is 9.81. The first kappa shape index (κ1) is 17.1. The van der Waals surface area contributed by atoms with Crippen molar-refractivity contribution in [1.29, 1.82) is 0 Å². The smallest absolute Gasteiger partial charge is 0.409 e. The van der Waals surface area contributed by atoms with E-state index in [1.54, 1.807) is 0 Å². The van der Waals surface area contributed by atoms with Crippen molar-refractivity contribution >= 4 is 36.1 Å². The van der Waals surface area contributed by atoms with Crippen LogP contribution in [-0.4, -0.2) is 79.2 Å². The molecule has 23 heavy (non-hydrogen) atoms. The Balaban J connectivity index is 2.22. The molecule has 0 saturated carbocycles. The Bertz CT molecular complexity index is 576. The normalized spacial score (nSPS) is 22.7.